The average Bonchev–Trinajstić information content (AvgIpc) is 3.21. The predicted octanol–water partition coefficient (Wildman–Crippen LogP) is 3.97. The number of oxazole rings is 1. The molecule has 5 heteroatoms. The molecule has 0 N–H and O–H groups in total. The van der Waals surface area contributed by atoms with E-state index < -0.39 is 0 Å². The number of methoxy groups -OCH3 is 1. The molecule has 2 heterocycles. The van der Waals surface area contributed by atoms with Crippen LogP contribution in [-0.2, 0) is 6.54 Å². The van der Waals surface area contributed by atoms with Crippen molar-refractivity contribution in [1.82, 2.24) is 9.88 Å². The van der Waals surface area contributed by atoms with Gasteiger partial charge in [0.1, 0.15) is 17.1 Å². The molecule has 1 fully saturated rings. The van der Waals surface area contributed by atoms with E-state index in [0.29, 0.717) is 17.0 Å². The first-order valence-electron chi connectivity index (χ1n) is 8.13. The van der Waals surface area contributed by atoms with Crippen LogP contribution in [0.3, 0.4) is 0 Å². The molecule has 4 nitrogen and oxygen atoms in total. The van der Waals surface area contributed by atoms with Crippen molar-refractivity contribution in [3.63, 3.8) is 0 Å². The van der Waals surface area contributed by atoms with Gasteiger partial charge in [-0.15, -0.1) is 0 Å². The van der Waals surface area contributed by atoms with Gasteiger partial charge in [-0.1, -0.05) is 18.2 Å². The second-order valence-electron chi connectivity index (χ2n) is 6.20. The van der Waals surface area contributed by atoms with Crippen molar-refractivity contribution < 1.29 is 13.5 Å². The average molecular weight is 326 g/mol. The number of hydrogen-bond acceptors (Lipinski definition) is 4. The first-order chi connectivity index (χ1) is 11.7. The summed E-state index contributed by atoms with van der Waals surface area (Å²) in [5.41, 5.74) is 2.42. The Labute approximate surface area is 139 Å². The molecule has 2 aromatic carbocycles. The van der Waals surface area contributed by atoms with Gasteiger partial charge >= 0.3 is 0 Å². The molecule has 0 aliphatic carbocycles. The quantitative estimate of drug-likeness (QED) is 0.727. The molecular formula is C19H19FN2O2. The van der Waals surface area contributed by atoms with Gasteiger partial charge in [0.05, 0.1) is 7.11 Å². The van der Waals surface area contributed by atoms with Crippen molar-refractivity contribution in [1.29, 1.82) is 0 Å². The molecule has 1 aliphatic rings. The van der Waals surface area contributed by atoms with Gasteiger partial charge < -0.3 is 9.15 Å². The molecule has 3 aromatic rings. The second-order valence-corrected chi connectivity index (χ2v) is 6.20. The molecule has 1 saturated heterocycles. The number of para-hydroxylation sites is 1. The van der Waals surface area contributed by atoms with E-state index in [1.165, 1.54) is 17.7 Å². The van der Waals surface area contributed by atoms with Crippen LogP contribution in [0.5, 0.6) is 5.75 Å². The zero-order valence-electron chi connectivity index (χ0n) is 13.5. The number of rotatable bonds is 4. The number of halogens is 1. The topological polar surface area (TPSA) is 38.5 Å². The lowest BCUT2D eigenvalue weighted by Gasteiger charge is -2.17. The maximum atomic E-state index is 13.3. The van der Waals surface area contributed by atoms with E-state index in [0.717, 1.165) is 31.8 Å². The van der Waals surface area contributed by atoms with Gasteiger partial charge in [0.15, 0.2) is 11.5 Å². The van der Waals surface area contributed by atoms with Crippen LogP contribution in [0.1, 0.15) is 23.8 Å². The zero-order chi connectivity index (χ0) is 16.5. The van der Waals surface area contributed by atoms with Gasteiger partial charge in [-0.2, -0.15) is 0 Å². The Morgan fingerprint density at radius 2 is 2.17 bits per heavy atom. The molecule has 0 bridgehead atoms. The molecule has 0 saturated carbocycles. The van der Waals surface area contributed by atoms with E-state index in [2.05, 4.69) is 16.0 Å². The van der Waals surface area contributed by atoms with E-state index in [4.69, 9.17) is 9.15 Å². The highest BCUT2D eigenvalue weighted by Gasteiger charge is 2.28. The van der Waals surface area contributed by atoms with Crippen molar-refractivity contribution in [3.8, 4) is 5.75 Å². The monoisotopic (exact) mass is 326 g/mol. The van der Waals surface area contributed by atoms with Gasteiger partial charge in [-0.25, -0.2) is 9.37 Å². The molecular weight excluding hydrogens is 307 g/mol. The summed E-state index contributed by atoms with van der Waals surface area (Å²) in [6, 6.07) is 12.5. The minimum absolute atomic E-state index is 0.246. The fourth-order valence-corrected chi connectivity index (χ4v) is 3.35. The molecule has 1 aliphatic heterocycles. The minimum atomic E-state index is -0.286. The summed E-state index contributed by atoms with van der Waals surface area (Å²) in [6.45, 7) is 2.71. The third-order valence-corrected chi connectivity index (χ3v) is 4.57. The maximum Gasteiger partial charge on any atom is 0.199 e. The Morgan fingerprint density at radius 1 is 1.29 bits per heavy atom. The van der Waals surface area contributed by atoms with Gasteiger partial charge in [0.2, 0.25) is 0 Å². The van der Waals surface area contributed by atoms with Crippen molar-refractivity contribution >= 4 is 11.1 Å². The molecule has 24 heavy (non-hydrogen) atoms. The molecule has 0 radical (unpaired) electrons. The van der Waals surface area contributed by atoms with Gasteiger partial charge in [-0.05, 0) is 31.2 Å². The third kappa shape index (κ3) is 2.87. The highest BCUT2D eigenvalue weighted by molar-refractivity contribution is 5.72. The molecule has 0 amide bonds. The summed E-state index contributed by atoms with van der Waals surface area (Å²) in [4.78, 5) is 6.85. The Morgan fingerprint density at radius 3 is 3.04 bits per heavy atom. The Kier molecular flexibility index (Phi) is 3.94. The standard InChI is InChI=1S/C19H19FN2O2/c1-23-17-5-3-2-4-13(17)11-22-9-8-14(12-22)19-21-16-10-15(20)6-7-18(16)24-19/h2-7,10,14H,8-9,11-12H2,1H3. The normalized spacial score (nSPS) is 18.3. The van der Waals surface area contributed by atoms with Crippen LogP contribution in [0.4, 0.5) is 4.39 Å². The summed E-state index contributed by atoms with van der Waals surface area (Å²) in [6.07, 6.45) is 0.991. The fraction of sp³-hybridized carbons (Fsp3) is 0.316. The lowest BCUT2D eigenvalue weighted by molar-refractivity contribution is 0.312. The van der Waals surface area contributed by atoms with Crippen molar-refractivity contribution in [2.75, 3.05) is 20.2 Å². The lowest BCUT2D eigenvalue weighted by Crippen LogP contribution is -2.20. The van der Waals surface area contributed by atoms with Crippen LogP contribution in [0.15, 0.2) is 46.9 Å². The molecule has 0 spiro atoms. The van der Waals surface area contributed by atoms with Crippen LogP contribution in [0.2, 0.25) is 0 Å². The van der Waals surface area contributed by atoms with Gasteiger partial charge in [0.25, 0.3) is 0 Å². The van der Waals surface area contributed by atoms with Crippen LogP contribution >= 0.6 is 0 Å². The number of ether oxygens (including phenoxy) is 1. The number of benzene rings is 2. The lowest BCUT2D eigenvalue weighted by atomic mass is 10.1. The van der Waals surface area contributed by atoms with Crippen LogP contribution in [0, 0.1) is 5.82 Å². The zero-order valence-corrected chi connectivity index (χ0v) is 13.5. The smallest absolute Gasteiger partial charge is 0.199 e. The van der Waals surface area contributed by atoms with Crippen LogP contribution in [0.25, 0.3) is 11.1 Å². The maximum absolute atomic E-state index is 13.3. The molecule has 1 unspecified atom stereocenters. The van der Waals surface area contributed by atoms with Crippen molar-refractivity contribution in [2.45, 2.75) is 18.9 Å². The summed E-state index contributed by atoms with van der Waals surface area (Å²) in [7, 11) is 1.70. The first kappa shape index (κ1) is 15.1. The largest absolute Gasteiger partial charge is 0.496 e. The number of hydrogen-bond donors (Lipinski definition) is 0. The summed E-state index contributed by atoms with van der Waals surface area (Å²) >= 11 is 0. The van der Waals surface area contributed by atoms with E-state index >= 15 is 0 Å². The Bertz CT molecular complexity index is 861. The molecule has 1 aromatic heterocycles. The highest BCUT2D eigenvalue weighted by Crippen LogP contribution is 2.31. The highest BCUT2D eigenvalue weighted by atomic mass is 19.1. The Balaban J connectivity index is 1.49. The Hall–Kier alpha value is -2.40. The minimum Gasteiger partial charge on any atom is -0.496 e. The number of nitrogens with zero attached hydrogens (tertiary/aromatic N) is 2. The van der Waals surface area contributed by atoms with Gasteiger partial charge in [0, 0.05) is 30.6 Å². The van der Waals surface area contributed by atoms with E-state index in [9.17, 15) is 4.39 Å². The van der Waals surface area contributed by atoms with Crippen LogP contribution in [-0.4, -0.2) is 30.1 Å². The van der Waals surface area contributed by atoms with Crippen molar-refractivity contribution in [2.24, 2.45) is 0 Å². The van der Waals surface area contributed by atoms with E-state index in [-0.39, 0.29) is 11.7 Å². The molecule has 1 atom stereocenters. The summed E-state index contributed by atoms with van der Waals surface area (Å²) < 4.78 is 24.5. The molecule has 124 valence electrons. The molecule has 4 rings (SSSR count). The van der Waals surface area contributed by atoms with Crippen LogP contribution < -0.4 is 4.74 Å². The van der Waals surface area contributed by atoms with Gasteiger partial charge in [-0.3, -0.25) is 4.90 Å². The summed E-state index contributed by atoms with van der Waals surface area (Å²) in [5.74, 6) is 1.58. The number of aromatic nitrogens is 1. The second kappa shape index (κ2) is 6.24. The SMILES string of the molecule is COc1ccccc1CN1CCC(c2nc3cc(F)ccc3o2)C1. The fourth-order valence-electron chi connectivity index (χ4n) is 3.35. The third-order valence-electron chi connectivity index (χ3n) is 4.57. The van der Waals surface area contributed by atoms with E-state index in [1.807, 2.05) is 18.2 Å². The predicted molar refractivity (Wildman–Crippen MR) is 89.6 cm³/mol. The summed E-state index contributed by atoms with van der Waals surface area (Å²) in [5, 5.41) is 0. The van der Waals surface area contributed by atoms with E-state index in [1.54, 1.807) is 13.2 Å². The first-order valence-corrected chi connectivity index (χ1v) is 8.13. The number of likely N-dealkylation sites (tertiary alicyclic amines) is 1. The van der Waals surface area contributed by atoms with Crippen molar-refractivity contribution in [3.05, 3.63) is 59.7 Å². The number of fused-ring (bicyclic) bond motifs is 1.